The average molecular weight is 351 g/mol. The number of thiazole rings is 1. The monoisotopic (exact) mass is 351 g/mol. The van der Waals surface area contributed by atoms with Gasteiger partial charge in [0.05, 0.1) is 21.4 Å². The fourth-order valence-electron chi connectivity index (χ4n) is 1.90. The highest BCUT2D eigenvalue weighted by atomic mass is 32.2. The van der Waals surface area contributed by atoms with E-state index in [0.29, 0.717) is 15.3 Å². The Labute approximate surface area is 136 Å². The van der Waals surface area contributed by atoms with Crippen LogP contribution in [-0.4, -0.2) is 37.7 Å². The van der Waals surface area contributed by atoms with Crippen LogP contribution in [0.25, 0.3) is 10.2 Å². The van der Waals surface area contributed by atoms with E-state index in [1.165, 1.54) is 37.8 Å². The maximum atomic E-state index is 12.1. The number of sulfonamides is 1. The summed E-state index contributed by atoms with van der Waals surface area (Å²) in [4.78, 5) is 16.4. The van der Waals surface area contributed by atoms with Gasteiger partial charge < -0.3 is 4.42 Å². The van der Waals surface area contributed by atoms with Crippen LogP contribution in [0, 0.1) is 0 Å². The standard InChI is InChI=1S/C14H13N3O4S2/c1-17(2)23(19,20)9-5-6-10-12(8-9)22-14(15-10)16-13(18)11-4-3-7-21-11/h3-8H,1-2H3,(H,15,16,18). The molecule has 0 aliphatic heterocycles. The molecule has 0 spiro atoms. The van der Waals surface area contributed by atoms with E-state index in [0.717, 1.165) is 4.31 Å². The summed E-state index contributed by atoms with van der Waals surface area (Å²) < 4.78 is 31.1. The first-order valence-corrected chi connectivity index (χ1v) is 8.81. The number of nitrogens with zero attached hydrogens (tertiary/aromatic N) is 2. The molecule has 0 fully saturated rings. The van der Waals surface area contributed by atoms with Gasteiger partial charge in [0.25, 0.3) is 5.91 Å². The van der Waals surface area contributed by atoms with Crippen LogP contribution in [0.3, 0.4) is 0 Å². The Balaban J connectivity index is 1.92. The number of hydrogen-bond donors (Lipinski definition) is 1. The molecule has 120 valence electrons. The van der Waals surface area contributed by atoms with Crippen LogP contribution in [-0.2, 0) is 10.0 Å². The summed E-state index contributed by atoms with van der Waals surface area (Å²) in [6, 6.07) is 7.82. The van der Waals surface area contributed by atoms with Gasteiger partial charge in [-0.3, -0.25) is 10.1 Å². The zero-order chi connectivity index (χ0) is 16.6. The normalized spacial score (nSPS) is 12.0. The fourth-order valence-corrected chi connectivity index (χ4v) is 3.80. The first kappa shape index (κ1) is 15.7. The van der Waals surface area contributed by atoms with E-state index in [1.54, 1.807) is 24.3 Å². The number of nitrogens with one attached hydrogen (secondary N) is 1. The van der Waals surface area contributed by atoms with Crippen LogP contribution in [0.2, 0.25) is 0 Å². The summed E-state index contributed by atoms with van der Waals surface area (Å²) in [5.41, 5.74) is 0.613. The molecule has 0 saturated heterocycles. The third-order valence-corrected chi connectivity index (χ3v) is 5.85. The number of benzene rings is 1. The maximum absolute atomic E-state index is 12.1. The molecule has 0 atom stereocenters. The molecular weight excluding hydrogens is 338 g/mol. The smallest absolute Gasteiger partial charge is 0.293 e. The molecule has 2 aromatic heterocycles. The number of rotatable bonds is 4. The Bertz CT molecular complexity index is 959. The molecule has 0 unspecified atom stereocenters. The summed E-state index contributed by atoms with van der Waals surface area (Å²) in [6.45, 7) is 0. The molecule has 3 rings (SSSR count). The molecule has 23 heavy (non-hydrogen) atoms. The fraction of sp³-hybridized carbons (Fsp3) is 0.143. The van der Waals surface area contributed by atoms with Gasteiger partial charge in [-0.05, 0) is 30.3 Å². The second kappa shape index (κ2) is 5.76. The van der Waals surface area contributed by atoms with Crippen LogP contribution in [0.5, 0.6) is 0 Å². The number of carbonyl (C=O) groups excluding carboxylic acids is 1. The number of furan rings is 1. The van der Waals surface area contributed by atoms with Crippen molar-refractivity contribution in [1.29, 1.82) is 0 Å². The molecule has 9 heteroatoms. The largest absolute Gasteiger partial charge is 0.459 e. The highest BCUT2D eigenvalue weighted by molar-refractivity contribution is 7.89. The number of carbonyl (C=O) groups is 1. The highest BCUT2D eigenvalue weighted by Crippen LogP contribution is 2.29. The van der Waals surface area contributed by atoms with Gasteiger partial charge in [-0.1, -0.05) is 11.3 Å². The molecule has 0 radical (unpaired) electrons. The summed E-state index contributed by atoms with van der Waals surface area (Å²) >= 11 is 1.20. The topological polar surface area (TPSA) is 92.5 Å². The van der Waals surface area contributed by atoms with Crippen molar-refractivity contribution in [1.82, 2.24) is 9.29 Å². The van der Waals surface area contributed by atoms with Crippen LogP contribution < -0.4 is 5.32 Å². The molecule has 0 bridgehead atoms. The molecule has 0 saturated carbocycles. The minimum atomic E-state index is -3.51. The predicted octanol–water partition coefficient (Wildman–Crippen LogP) is 2.39. The van der Waals surface area contributed by atoms with Crippen LogP contribution in [0.1, 0.15) is 10.6 Å². The van der Waals surface area contributed by atoms with Gasteiger partial charge in [0.15, 0.2) is 10.9 Å². The van der Waals surface area contributed by atoms with Crippen LogP contribution in [0.15, 0.2) is 45.9 Å². The number of fused-ring (bicyclic) bond motifs is 1. The van der Waals surface area contributed by atoms with Gasteiger partial charge in [0.1, 0.15) is 0 Å². The minimum Gasteiger partial charge on any atom is -0.459 e. The number of amides is 1. The molecule has 1 aromatic carbocycles. The first-order chi connectivity index (χ1) is 10.9. The van der Waals surface area contributed by atoms with Gasteiger partial charge in [-0.15, -0.1) is 0 Å². The molecule has 0 aliphatic carbocycles. The van der Waals surface area contributed by atoms with Crippen LogP contribution in [0.4, 0.5) is 5.13 Å². The van der Waals surface area contributed by atoms with Crippen molar-refractivity contribution in [2.24, 2.45) is 0 Å². The lowest BCUT2D eigenvalue weighted by atomic mass is 10.3. The van der Waals surface area contributed by atoms with Crippen molar-refractivity contribution in [3.05, 3.63) is 42.4 Å². The number of anilines is 1. The highest BCUT2D eigenvalue weighted by Gasteiger charge is 2.19. The van der Waals surface area contributed by atoms with Crippen molar-refractivity contribution in [2.45, 2.75) is 4.90 Å². The van der Waals surface area contributed by atoms with E-state index in [9.17, 15) is 13.2 Å². The molecule has 1 amide bonds. The third-order valence-electron chi connectivity index (χ3n) is 3.10. The van der Waals surface area contributed by atoms with E-state index < -0.39 is 15.9 Å². The average Bonchev–Trinajstić information content (AvgIpc) is 3.15. The molecule has 7 nitrogen and oxygen atoms in total. The van der Waals surface area contributed by atoms with Crippen LogP contribution >= 0.6 is 11.3 Å². The zero-order valence-electron chi connectivity index (χ0n) is 12.3. The SMILES string of the molecule is CN(C)S(=O)(=O)c1ccc2nc(NC(=O)c3ccco3)sc2c1. The Morgan fingerprint density at radius 3 is 2.74 bits per heavy atom. The molecule has 3 aromatic rings. The van der Waals surface area contributed by atoms with Gasteiger partial charge in [-0.25, -0.2) is 17.7 Å². The number of hydrogen-bond acceptors (Lipinski definition) is 6. The van der Waals surface area contributed by atoms with Crippen molar-refractivity contribution in [3.8, 4) is 0 Å². The van der Waals surface area contributed by atoms with Gasteiger partial charge in [0, 0.05) is 14.1 Å². The first-order valence-electron chi connectivity index (χ1n) is 6.56. The molecule has 1 N–H and O–H groups in total. The second-order valence-corrected chi connectivity index (χ2v) is 8.05. The lowest BCUT2D eigenvalue weighted by Crippen LogP contribution is -2.22. The quantitative estimate of drug-likeness (QED) is 0.779. The Morgan fingerprint density at radius 2 is 2.09 bits per heavy atom. The zero-order valence-corrected chi connectivity index (χ0v) is 13.9. The van der Waals surface area contributed by atoms with Gasteiger partial charge >= 0.3 is 0 Å². The maximum Gasteiger partial charge on any atom is 0.293 e. The van der Waals surface area contributed by atoms with E-state index in [4.69, 9.17) is 4.42 Å². The molecular formula is C14H13N3O4S2. The Morgan fingerprint density at radius 1 is 1.30 bits per heavy atom. The Kier molecular flexibility index (Phi) is 3.92. The summed E-state index contributed by atoms with van der Waals surface area (Å²) in [5, 5.41) is 3.01. The minimum absolute atomic E-state index is 0.181. The predicted molar refractivity (Wildman–Crippen MR) is 87.2 cm³/mol. The van der Waals surface area contributed by atoms with E-state index in [1.807, 2.05) is 0 Å². The Hall–Kier alpha value is -2.23. The summed E-state index contributed by atoms with van der Waals surface area (Å²) in [6.07, 6.45) is 1.41. The van der Waals surface area contributed by atoms with E-state index in [-0.39, 0.29) is 10.7 Å². The van der Waals surface area contributed by atoms with Crippen molar-refractivity contribution < 1.29 is 17.6 Å². The van der Waals surface area contributed by atoms with E-state index in [2.05, 4.69) is 10.3 Å². The lowest BCUT2D eigenvalue weighted by molar-refractivity contribution is 0.0996. The van der Waals surface area contributed by atoms with Crippen molar-refractivity contribution in [3.63, 3.8) is 0 Å². The lowest BCUT2D eigenvalue weighted by Gasteiger charge is -2.10. The van der Waals surface area contributed by atoms with Gasteiger partial charge in [0.2, 0.25) is 10.0 Å². The second-order valence-electron chi connectivity index (χ2n) is 4.87. The summed E-state index contributed by atoms with van der Waals surface area (Å²) in [5.74, 6) is -0.227. The summed E-state index contributed by atoms with van der Waals surface area (Å²) in [7, 11) is -0.561. The molecule has 0 aliphatic rings. The third kappa shape index (κ3) is 2.98. The molecule has 2 heterocycles. The van der Waals surface area contributed by atoms with Crippen molar-refractivity contribution in [2.75, 3.05) is 19.4 Å². The van der Waals surface area contributed by atoms with E-state index >= 15 is 0 Å². The van der Waals surface area contributed by atoms with Gasteiger partial charge in [-0.2, -0.15) is 0 Å². The van der Waals surface area contributed by atoms with Crippen molar-refractivity contribution >= 4 is 42.6 Å². The number of aromatic nitrogens is 1.